The van der Waals surface area contributed by atoms with E-state index in [4.69, 9.17) is 5.73 Å². The summed E-state index contributed by atoms with van der Waals surface area (Å²) in [5.41, 5.74) is 7.21. The van der Waals surface area contributed by atoms with Gasteiger partial charge >= 0.3 is 0 Å². The predicted molar refractivity (Wildman–Crippen MR) is 77.3 cm³/mol. The molecular weight excluding hydrogens is 276 g/mol. The summed E-state index contributed by atoms with van der Waals surface area (Å²) < 4.78 is 26.4. The first kappa shape index (κ1) is 14.5. The van der Waals surface area contributed by atoms with Crippen LogP contribution in [0.2, 0.25) is 0 Å². The molecule has 0 atom stereocenters. The van der Waals surface area contributed by atoms with Crippen molar-refractivity contribution in [2.45, 2.75) is 24.9 Å². The molecule has 3 N–H and O–H groups in total. The zero-order valence-corrected chi connectivity index (χ0v) is 12.1. The fourth-order valence-electron chi connectivity index (χ4n) is 1.95. The fourth-order valence-corrected chi connectivity index (χ4v) is 3.37. The van der Waals surface area contributed by atoms with Crippen LogP contribution in [0.3, 0.4) is 0 Å². The largest absolute Gasteiger partial charge is 0.399 e. The van der Waals surface area contributed by atoms with Gasteiger partial charge in [-0.3, -0.25) is 0 Å². The fraction of sp³-hybridized carbons (Fsp3) is 0.308. The molecule has 0 fully saturated rings. The van der Waals surface area contributed by atoms with Crippen LogP contribution in [-0.4, -0.2) is 29.2 Å². The summed E-state index contributed by atoms with van der Waals surface area (Å²) in [5, 5.41) is 0.106. The number of imidazole rings is 1. The molecule has 0 saturated heterocycles. The zero-order valence-electron chi connectivity index (χ0n) is 11.3. The Kier molecular flexibility index (Phi) is 4.41. The van der Waals surface area contributed by atoms with E-state index >= 15 is 0 Å². The summed E-state index contributed by atoms with van der Waals surface area (Å²) in [5.74, 6) is 0. The van der Waals surface area contributed by atoms with Crippen molar-refractivity contribution in [3.05, 3.63) is 42.4 Å². The minimum atomic E-state index is -3.56. The Bertz CT molecular complexity index is 653. The smallest absolute Gasteiger partial charge is 0.260 e. The molecule has 1 aromatic heterocycles. The normalized spacial score (nSPS) is 11.9. The Labute approximate surface area is 118 Å². The number of rotatable bonds is 6. The van der Waals surface area contributed by atoms with E-state index in [-0.39, 0.29) is 5.03 Å². The van der Waals surface area contributed by atoms with Crippen LogP contribution in [0.15, 0.2) is 41.8 Å². The Balaban J connectivity index is 2.28. The maximum Gasteiger partial charge on any atom is 0.260 e. The number of aromatic amines is 1. The summed E-state index contributed by atoms with van der Waals surface area (Å²) in [6.07, 6.45) is 3.41. The van der Waals surface area contributed by atoms with Crippen LogP contribution in [-0.2, 0) is 16.6 Å². The van der Waals surface area contributed by atoms with E-state index < -0.39 is 10.0 Å². The molecule has 7 heteroatoms. The molecule has 0 radical (unpaired) electrons. The third kappa shape index (κ3) is 3.17. The van der Waals surface area contributed by atoms with E-state index in [2.05, 4.69) is 9.97 Å². The first-order chi connectivity index (χ1) is 9.54. The number of nitrogen functional groups attached to an aromatic ring is 1. The zero-order chi connectivity index (χ0) is 14.6. The number of hydrogen-bond donors (Lipinski definition) is 2. The highest BCUT2D eigenvalue weighted by Gasteiger charge is 2.25. The van der Waals surface area contributed by atoms with Crippen molar-refractivity contribution in [1.29, 1.82) is 0 Å². The maximum atomic E-state index is 12.5. The van der Waals surface area contributed by atoms with Crippen LogP contribution in [0, 0.1) is 0 Å². The summed E-state index contributed by atoms with van der Waals surface area (Å²) in [6.45, 7) is 2.67. The SMILES string of the molecule is CCCN(Cc1cccc(N)c1)S(=O)(=O)c1cnc[nH]1. The van der Waals surface area contributed by atoms with Crippen LogP contribution >= 0.6 is 0 Å². The molecule has 108 valence electrons. The van der Waals surface area contributed by atoms with Crippen molar-refractivity contribution in [3.63, 3.8) is 0 Å². The third-order valence-corrected chi connectivity index (χ3v) is 4.64. The lowest BCUT2D eigenvalue weighted by Crippen LogP contribution is -2.31. The molecule has 0 spiro atoms. The van der Waals surface area contributed by atoms with Crippen molar-refractivity contribution in [2.75, 3.05) is 12.3 Å². The first-order valence-electron chi connectivity index (χ1n) is 6.37. The van der Waals surface area contributed by atoms with Crippen LogP contribution in [0.1, 0.15) is 18.9 Å². The molecule has 0 aliphatic rings. The van der Waals surface area contributed by atoms with Crippen molar-refractivity contribution < 1.29 is 8.42 Å². The molecule has 2 rings (SSSR count). The third-order valence-electron chi connectivity index (χ3n) is 2.87. The molecule has 0 aliphatic carbocycles. The van der Waals surface area contributed by atoms with Crippen molar-refractivity contribution >= 4 is 15.7 Å². The molecule has 20 heavy (non-hydrogen) atoms. The van der Waals surface area contributed by atoms with E-state index in [1.807, 2.05) is 19.1 Å². The molecule has 1 heterocycles. The van der Waals surface area contributed by atoms with Gasteiger partial charge in [-0.2, -0.15) is 4.31 Å². The standard InChI is InChI=1S/C13H18N4O2S/c1-2-6-17(9-11-4-3-5-12(14)7-11)20(18,19)13-8-15-10-16-13/h3-5,7-8,10H,2,6,9,14H2,1H3,(H,15,16). The number of H-pyrrole nitrogens is 1. The van der Waals surface area contributed by atoms with Crippen LogP contribution in [0.4, 0.5) is 5.69 Å². The number of hydrogen-bond acceptors (Lipinski definition) is 4. The average molecular weight is 294 g/mol. The maximum absolute atomic E-state index is 12.5. The van der Waals surface area contributed by atoms with Gasteiger partial charge in [0.15, 0.2) is 5.03 Å². The van der Waals surface area contributed by atoms with E-state index in [9.17, 15) is 8.42 Å². The molecule has 0 bridgehead atoms. The van der Waals surface area contributed by atoms with Gasteiger partial charge in [-0.25, -0.2) is 13.4 Å². The Morgan fingerprint density at radius 2 is 2.20 bits per heavy atom. The minimum Gasteiger partial charge on any atom is -0.399 e. The average Bonchev–Trinajstić information content (AvgIpc) is 2.93. The summed E-state index contributed by atoms with van der Waals surface area (Å²) in [7, 11) is -3.56. The van der Waals surface area contributed by atoms with E-state index in [0.29, 0.717) is 18.8 Å². The van der Waals surface area contributed by atoms with Gasteiger partial charge in [0.25, 0.3) is 10.0 Å². The molecule has 6 nitrogen and oxygen atoms in total. The molecule has 1 aromatic carbocycles. The van der Waals surface area contributed by atoms with Crippen molar-refractivity contribution in [3.8, 4) is 0 Å². The van der Waals surface area contributed by atoms with Gasteiger partial charge in [0, 0.05) is 18.8 Å². The van der Waals surface area contributed by atoms with E-state index in [0.717, 1.165) is 12.0 Å². The van der Waals surface area contributed by atoms with Gasteiger partial charge < -0.3 is 10.7 Å². The number of sulfonamides is 1. The molecule has 0 amide bonds. The van der Waals surface area contributed by atoms with Crippen molar-refractivity contribution in [1.82, 2.24) is 14.3 Å². The van der Waals surface area contributed by atoms with Gasteiger partial charge in [0.1, 0.15) is 0 Å². The number of benzene rings is 1. The lowest BCUT2D eigenvalue weighted by atomic mass is 10.2. The van der Waals surface area contributed by atoms with Gasteiger partial charge in [-0.05, 0) is 24.1 Å². The van der Waals surface area contributed by atoms with Gasteiger partial charge in [-0.1, -0.05) is 19.1 Å². The second-order valence-corrected chi connectivity index (χ2v) is 6.41. The number of aromatic nitrogens is 2. The Morgan fingerprint density at radius 3 is 2.80 bits per heavy atom. The lowest BCUT2D eigenvalue weighted by Gasteiger charge is -2.20. The summed E-state index contributed by atoms with van der Waals surface area (Å²) in [6, 6.07) is 7.24. The van der Waals surface area contributed by atoms with Crippen LogP contribution in [0.25, 0.3) is 0 Å². The highest BCUT2D eigenvalue weighted by molar-refractivity contribution is 7.89. The van der Waals surface area contributed by atoms with Crippen LogP contribution in [0.5, 0.6) is 0 Å². The lowest BCUT2D eigenvalue weighted by molar-refractivity contribution is 0.404. The molecular formula is C13H18N4O2S. The topological polar surface area (TPSA) is 92.1 Å². The highest BCUT2D eigenvalue weighted by atomic mass is 32.2. The Morgan fingerprint density at radius 1 is 1.40 bits per heavy atom. The highest BCUT2D eigenvalue weighted by Crippen LogP contribution is 2.17. The van der Waals surface area contributed by atoms with E-state index in [1.54, 1.807) is 12.1 Å². The molecule has 0 unspecified atom stereocenters. The van der Waals surface area contributed by atoms with Gasteiger partial charge in [-0.15, -0.1) is 0 Å². The van der Waals surface area contributed by atoms with Crippen LogP contribution < -0.4 is 5.73 Å². The number of nitrogens with two attached hydrogens (primary N) is 1. The van der Waals surface area contributed by atoms with Crippen molar-refractivity contribution in [2.24, 2.45) is 0 Å². The summed E-state index contributed by atoms with van der Waals surface area (Å²) in [4.78, 5) is 6.42. The molecule has 0 aliphatic heterocycles. The summed E-state index contributed by atoms with van der Waals surface area (Å²) >= 11 is 0. The van der Waals surface area contributed by atoms with Gasteiger partial charge in [0.05, 0.1) is 12.5 Å². The number of nitrogens with one attached hydrogen (secondary N) is 1. The first-order valence-corrected chi connectivity index (χ1v) is 7.81. The van der Waals surface area contributed by atoms with Gasteiger partial charge in [0.2, 0.25) is 0 Å². The second kappa shape index (κ2) is 6.06. The molecule has 0 saturated carbocycles. The monoisotopic (exact) mass is 294 g/mol. The minimum absolute atomic E-state index is 0.106. The number of anilines is 1. The second-order valence-electron chi connectivity index (χ2n) is 4.50. The number of nitrogens with zero attached hydrogens (tertiary/aromatic N) is 2. The molecule has 2 aromatic rings. The predicted octanol–water partition coefficient (Wildman–Crippen LogP) is 1.59. The van der Waals surface area contributed by atoms with E-state index in [1.165, 1.54) is 16.8 Å². The Hall–Kier alpha value is -1.86. The quantitative estimate of drug-likeness (QED) is 0.791.